The molecule has 1 unspecified atom stereocenters. The van der Waals surface area contributed by atoms with Gasteiger partial charge in [0.25, 0.3) is 0 Å². The third kappa shape index (κ3) is 2.52. The van der Waals surface area contributed by atoms with Crippen molar-refractivity contribution in [2.45, 2.75) is 32.2 Å². The molecule has 0 saturated carbocycles. The van der Waals surface area contributed by atoms with Crippen molar-refractivity contribution in [3.8, 4) is 0 Å². The van der Waals surface area contributed by atoms with Crippen LogP contribution in [0.2, 0.25) is 0 Å². The molecule has 0 aliphatic carbocycles. The number of hydrogen-bond acceptors (Lipinski definition) is 3. The summed E-state index contributed by atoms with van der Waals surface area (Å²) in [6, 6.07) is -0.194. The van der Waals surface area contributed by atoms with E-state index in [-0.39, 0.29) is 17.7 Å². The smallest absolute Gasteiger partial charge is 0.234 e. The summed E-state index contributed by atoms with van der Waals surface area (Å²) >= 11 is 0. The summed E-state index contributed by atoms with van der Waals surface area (Å²) in [5.74, 6) is -0.107. The van der Waals surface area contributed by atoms with E-state index in [1.165, 1.54) is 0 Å². The molecule has 74 valence electrons. The van der Waals surface area contributed by atoms with Gasteiger partial charge < -0.3 is 5.73 Å². The number of likely N-dealkylation sites (tertiary alicyclic amines) is 1. The van der Waals surface area contributed by atoms with Crippen molar-refractivity contribution in [3.63, 3.8) is 0 Å². The second-order valence-electron chi connectivity index (χ2n) is 3.47. The van der Waals surface area contributed by atoms with Crippen LogP contribution in [0, 0.1) is 0 Å². The lowest BCUT2D eigenvalue weighted by Gasteiger charge is -2.38. The van der Waals surface area contributed by atoms with Gasteiger partial charge in [-0.1, -0.05) is 6.92 Å². The van der Waals surface area contributed by atoms with E-state index in [4.69, 9.17) is 5.73 Å². The molecular weight excluding hydrogens is 168 g/mol. The minimum Gasteiger partial charge on any atom is -0.368 e. The van der Waals surface area contributed by atoms with Crippen LogP contribution < -0.4 is 5.73 Å². The number of hydrogen-bond donors (Lipinski definition) is 1. The Morgan fingerprint density at radius 1 is 1.54 bits per heavy atom. The Morgan fingerprint density at radius 2 is 2.23 bits per heavy atom. The van der Waals surface area contributed by atoms with Gasteiger partial charge in [0.05, 0.1) is 12.6 Å². The minimum atomic E-state index is -0.310. The normalized spacial score (nSPS) is 22.4. The largest absolute Gasteiger partial charge is 0.368 e. The zero-order chi connectivity index (χ0) is 9.84. The van der Waals surface area contributed by atoms with E-state index in [0.717, 1.165) is 19.4 Å². The molecule has 0 radical (unpaired) electrons. The van der Waals surface area contributed by atoms with Gasteiger partial charge in [0.2, 0.25) is 5.91 Å². The topological polar surface area (TPSA) is 63.4 Å². The van der Waals surface area contributed by atoms with Crippen molar-refractivity contribution in [3.05, 3.63) is 0 Å². The van der Waals surface area contributed by atoms with Crippen LogP contribution in [0.25, 0.3) is 0 Å². The molecule has 0 aromatic carbocycles. The molecule has 1 rings (SSSR count). The first-order valence-electron chi connectivity index (χ1n) is 4.70. The zero-order valence-corrected chi connectivity index (χ0v) is 7.95. The Bertz CT molecular complexity index is 216. The highest BCUT2D eigenvalue weighted by atomic mass is 16.1. The number of primary amides is 1. The molecule has 0 aromatic heterocycles. The van der Waals surface area contributed by atoms with Gasteiger partial charge in [0.15, 0.2) is 0 Å². The SMILES string of the molecule is CCCC(=O)CN1CCC1C(N)=O. The third-order valence-electron chi connectivity index (χ3n) is 2.37. The van der Waals surface area contributed by atoms with Gasteiger partial charge in [-0.3, -0.25) is 14.5 Å². The second-order valence-corrected chi connectivity index (χ2v) is 3.47. The highest BCUT2D eigenvalue weighted by Crippen LogP contribution is 2.16. The number of nitrogens with two attached hydrogens (primary N) is 1. The Balaban J connectivity index is 2.30. The number of carbonyl (C=O) groups is 2. The number of carbonyl (C=O) groups excluding carboxylic acids is 2. The van der Waals surface area contributed by atoms with Gasteiger partial charge in [-0.05, 0) is 12.8 Å². The molecule has 4 nitrogen and oxygen atoms in total. The number of ketones is 1. The fourth-order valence-electron chi connectivity index (χ4n) is 1.54. The standard InChI is InChI=1S/C9H16N2O2/c1-2-3-7(12)6-11-5-4-8(11)9(10)13/h8H,2-6H2,1H3,(H2,10,13). The van der Waals surface area contributed by atoms with Crippen molar-refractivity contribution in [1.82, 2.24) is 4.90 Å². The van der Waals surface area contributed by atoms with Crippen molar-refractivity contribution in [1.29, 1.82) is 0 Å². The summed E-state index contributed by atoms with van der Waals surface area (Å²) in [6.45, 7) is 3.18. The lowest BCUT2D eigenvalue weighted by atomic mass is 10.0. The molecule has 1 saturated heterocycles. The van der Waals surface area contributed by atoms with Gasteiger partial charge in [-0.15, -0.1) is 0 Å². The van der Waals surface area contributed by atoms with E-state index in [0.29, 0.717) is 13.0 Å². The van der Waals surface area contributed by atoms with Crippen LogP contribution in [0.3, 0.4) is 0 Å². The van der Waals surface area contributed by atoms with Crippen LogP contribution in [-0.2, 0) is 9.59 Å². The number of rotatable bonds is 5. The second kappa shape index (κ2) is 4.37. The average molecular weight is 184 g/mol. The van der Waals surface area contributed by atoms with Crippen LogP contribution in [0.1, 0.15) is 26.2 Å². The number of amides is 1. The lowest BCUT2D eigenvalue weighted by Crippen LogP contribution is -2.56. The summed E-state index contributed by atoms with van der Waals surface area (Å²) in [7, 11) is 0. The fourth-order valence-corrected chi connectivity index (χ4v) is 1.54. The fraction of sp³-hybridized carbons (Fsp3) is 0.778. The van der Waals surface area contributed by atoms with Gasteiger partial charge in [-0.2, -0.15) is 0 Å². The summed E-state index contributed by atoms with van der Waals surface area (Å²) in [5.41, 5.74) is 5.15. The van der Waals surface area contributed by atoms with E-state index >= 15 is 0 Å². The Morgan fingerprint density at radius 3 is 2.62 bits per heavy atom. The molecule has 0 spiro atoms. The van der Waals surface area contributed by atoms with Crippen LogP contribution in [0.15, 0.2) is 0 Å². The van der Waals surface area contributed by atoms with Crippen molar-refractivity contribution in [2.75, 3.05) is 13.1 Å². The molecule has 0 aromatic rings. The molecule has 0 bridgehead atoms. The number of Topliss-reactive ketones (excluding diaryl/α,β-unsaturated/α-hetero) is 1. The van der Waals surface area contributed by atoms with Crippen molar-refractivity contribution < 1.29 is 9.59 Å². The molecule has 13 heavy (non-hydrogen) atoms. The summed E-state index contributed by atoms with van der Waals surface area (Å²) in [5, 5.41) is 0. The first-order chi connectivity index (χ1) is 6.15. The summed E-state index contributed by atoms with van der Waals surface area (Å²) in [4.78, 5) is 23.9. The first-order valence-corrected chi connectivity index (χ1v) is 4.70. The highest BCUT2D eigenvalue weighted by Gasteiger charge is 2.33. The molecular formula is C9H16N2O2. The van der Waals surface area contributed by atoms with Gasteiger partial charge in [-0.25, -0.2) is 0 Å². The molecule has 1 atom stereocenters. The predicted octanol–water partition coefficient (Wildman–Crippen LogP) is -0.0848. The highest BCUT2D eigenvalue weighted by molar-refractivity contribution is 5.84. The van der Waals surface area contributed by atoms with E-state index in [2.05, 4.69) is 0 Å². The van der Waals surface area contributed by atoms with Gasteiger partial charge in [0, 0.05) is 13.0 Å². The maximum atomic E-state index is 11.2. The molecule has 1 fully saturated rings. The van der Waals surface area contributed by atoms with Crippen LogP contribution in [0.4, 0.5) is 0 Å². The quantitative estimate of drug-likeness (QED) is 0.649. The Labute approximate surface area is 78.1 Å². The Kier molecular flexibility index (Phi) is 3.42. The molecule has 1 aliphatic rings. The monoisotopic (exact) mass is 184 g/mol. The first kappa shape index (κ1) is 10.2. The maximum absolute atomic E-state index is 11.2. The van der Waals surface area contributed by atoms with Crippen molar-refractivity contribution in [2.24, 2.45) is 5.73 Å². The molecule has 4 heteroatoms. The maximum Gasteiger partial charge on any atom is 0.234 e. The predicted molar refractivity (Wildman–Crippen MR) is 49.1 cm³/mol. The van der Waals surface area contributed by atoms with Crippen LogP contribution in [0.5, 0.6) is 0 Å². The van der Waals surface area contributed by atoms with Gasteiger partial charge >= 0.3 is 0 Å². The molecule has 1 amide bonds. The summed E-state index contributed by atoms with van der Waals surface area (Å²) < 4.78 is 0. The van der Waals surface area contributed by atoms with Gasteiger partial charge in [0.1, 0.15) is 5.78 Å². The molecule has 2 N–H and O–H groups in total. The van der Waals surface area contributed by atoms with E-state index in [1.54, 1.807) is 0 Å². The number of nitrogens with zero attached hydrogens (tertiary/aromatic N) is 1. The lowest BCUT2D eigenvalue weighted by molar-refractivity contribution is -0.130. The summed E-state index contributed by atoms with van der Waals surface area (Å²) in [6.07, 6.45) is 2.27. The Hall–Kier alpha value is -0.900. The average Bonchev–Trinajstić information content (AvgIpc) is 1.97. The zero-order valence-electron chi connectivity index (χ0n) is 7.95. The molecule has 1 aliphatic heterocycles. The van der Waals surface area contributed by atoms with Crippen molar-refractivity contribution >= 4 is 11.7 Å². The van der Waals surface area contributed by atoms with E-state index in [1.807, 2.05) is 11.8 Å². The van der Waals surface area contributed by atoms with E-state index in [9.17, 15) is 9.59 Å². The van der Waals surface area contributed by atoms with Crippen LogP contribution >= 0.6 is 0 Å². The molecule has 1 heterocycles. The van der Waals surface area contributed by atoms with E-state index < -0.39 is 0 Å². The van der Waals surface area contributed by atoms with Crippen LogP contribution in [-0.4, -0.2) is 35.7 Å². The third-order valence-corrected chi connectivity index (χ3v) is 2.37. The minimum absolute atomic E-state index is 0.194.